The molecule has 0 aliphatic carbocycles. The topological polar surface area (TPSA) is 56.5 Å². The third-order valence-electron chi connectivity index (χ3n) is 5.49. The highest BCUT2D eigenvalue weighted by Crippen LogP contribution is 2.35. The molecule has 0 saturated heterocycles. The maximum atomic E-state index is 11.3. The lowest BCUT2D eigenvalue weighted by atomic mass is 9.98. The summed E-state index contributed by atoms with van der Waals surface area (Å²) in [6.07, 6.45) is 1.85. The van der Waals surface area contributed by atoms with Gasteiger partial charge in [-0.1, -0.05) is 49.4 Å². The van der Waals surface area contributed by atoms with Gasteiger partial charge in [0.1, 0.15) is 18.5 Å². The molecule has 0 spiro atoms. The Bertz CT molecular complexity index is 1130. The quantitative estimate of drug-likeness (QED) is 0.482. The lowest BCUT2D eigenvalue weighted by Gasteiger charge is -2.15. The van der Waals surface area contributed by atoms with Crippen LogP contribution in [0.2, 0.25) is 0 Å². The average molecular weight is 402 g/mol. The number of aliphatic hydroxyl groups is 1. The molecule has 1 atom stereocenters. The first-order valence-corrected chi connectivity index (χ1v) is 10.1. The van der Waals surface area contributed by atoms with Crippen LogP contribution in [0.4, 0.5) is 0 Å². The van der Waals surface area contributed by atoms with E-state index in [2.05, 4.69) is 16.5 Å². The van der Waals surface area contributed by atoms with E-state index in [0.29, 0.717) is 12.5 Å². The van der Waals surface area contributed by atoms with Gasteiger partial charge in [0.25, 0.3) is 0 Å². The lowest BCUT2D eigenvalue weighted by molar-refractivity contribution is 0.220. The minimum Gasteiger partial charge on any atom is -0.489 e. The molecule has 1 unspecified atom stereocenters. The van der Waals surface area contributed by atoms with Crippen LogP contribution in [0.5, 0.6) is 11.6 Å². The Hall–Kier alpha value is -3.31. The van der Waals surface area contributed by atoms with E-state index < -0.39 is 6.10 Å². The number of methoxy groups -OCH3 is 1. The molecule has 0 saturated carbocycles. The van der Waals surface area contributed by atoms with Crippen LogP contribution in [0.25, 0.3) is 10.9 Å². The number of nitrogens with zero attached hydrogens (tertiary/aromatic N) is 2. The SMILES string of the molecule is CCc1c(C(O)c2ccc(OCc3ccccc3)cc2)c2cc(OC)ncc2n1C. The fourth-order valence-electron chi connectivity index (χ4n) is 3.89. The molecule has 5 nitrogen and oxygen atoms in total. The van der Waals surface area contributed by atoms with Gasteiger partial charge in [-0.2, -0.15) is 0 Å². The summed E-state index contributed by atoms with van der Waals surface area (Å²) in [5.74, 6) is 1.31. The number of benzene rings is 2. The summed E-state index contributed by atoms with van der Waals surface area (Å²) in [7, 11) is 3.61. The van der Waals surface area contributed by atoms with E-state index in [4.69, 9.17) is 9.47 Å². The molecule has 0 aliphatic heterocycles. The number of aliphatic hydroxyl groups excluding tert-OH is 1. The number of pyridine rings is 1. The Morgan fingerprint density at radius 2 is 1.80 bits per heavy atom. The molecule has 0 bridgehead atoms. The Kier molecular flexibility index (Phi) is 5.72. The summed E-state index contributed by atoms with van der Waals surface area (Å²) in [6, 6.07) is 19.6. The second-order valence-electron chi connectivity index (χ2n) is 7.26. The summed E-state index contributed by atoms with van der Waals surface area (Å²) in [5.41, 5.74) is 4.89. The molecule has 0 radical (unpaired) electrons. The van der Waals surface area contributed by atoms with Crippen molar-refractivity contribution in [2.45, 2.75) is 26.1 Å². The first-order chi connectivity index (χ1) is 14.6. The van der Waals surface area contributed by atoms with Crippen LogP contribution in [-0.2, 0) is 20.1 Å². The van der Waals surface area contributed by atoms with Crippen LogP contribution in [0.15, 0.2) is 66.9 Å². The summed E-state index contributed by atoms with van der Waals surface area (Å²) in [6.45, 7) is 2.61. The van der Waals surface area contributed by atoms with Crippen molar-refractivity contribution in [3.8, 4) is 11.6 Å². The summed E-state index contributed by atoms with van der Waals surface area (Å²) in [4.78, 5) is 4.32. The third kappa shape index (κ3) is 3.76. The Labute approximate surface area is 176 Å². The Balaban J connectivity index is 1.62. The molecule has 1 N–H and O–H groups in total. The normalized spacial score (nSPS) is 12.1. The number of rotatable bonds is 7. The standard InChI is InChI=1S/C25H26N2O3/c1-4-21-24(20-14-23(29-3)26-15-22(20)27(21)2)25(28)18-10-12-19(13-11-18)30-16-17-8-6-5-7-9-17/h5-15,25,28H,4,16H2,1-3H3. The highest BCUT2D eigenvalue weighted by atomic mass is 16.5. The highest BCUT2D eigenvalue weighted by Gasteiger charge is 2.22. The fourth-order valence-corrected chi connectivity index (χ4v) is 3.89. The Morgan fingerprint density at radius 1 is 1.07 bits per heavy atom. The molecule has 5 heteroatoms. The maximum absolute atomic E-state index is 11.3. The van der Waals surface area contributed by atoms with Gasteiger partial charge in [0, 0.05) is 29.8 Å². The summed E-state index contributed by atoms with van der Waals surface area (Å²) < 4.78 is 13.3. The van der Waals surface area contributed by atoms with Gasteiger partial charge in [0.15, 0.2) is 0 Å². The first kappa shape index (κ1) is 20.0. The smallest absolute Gasteiger partial charge is 0.213 e. The van der Waals surface area contributed by atoms with E-state index >= 15 is 0 Å². The molecule has 0 aliphatic rings. The molecule has 2 aromatic heterocycles. The van der Waals surface area contributed by atoms with Crippen LogP contribution in [0, 0.1) is 0 Å². The van der Waals surface area contributed by atoms with Gasteiger partial charge in [0.2, 0.25) is 5.88 Å². The van der Waals surface area contributed by atoms with Gasteiger partial charge in [0.05, 0.1) is 18.8 Å². The minimum absolute atomic E-state index is 0.513. The summed E-state index contributed by atoms with van der Waals surface area (Å²) >= 11 is 0. The van der Waals surface area contributed by atoms with E-state index in [1.165, 1.54) is 0 Å². The maximum Gasteiger partial charge on any atom is 0.213 e. The van der Waals surface area contributed by atoms with Gasteiger partial charge < -0.3 is 19.1 Å². The zero-order valence-corrected chi connectivity index (χ0v) is 17.5. The molecule has 154 valence electrons. The van der Waals surface area contributed by atoms with Crippen LogP contribution >= 0.6 is 0 Å². The number of hydrogen-bond donors (Lipinski definition) is 1. The van der Waals surface area contributed by atoms with Crippen molar-refractivity contribution >= 4 is 10.9 Å². The van der Waals surface area contributed by atoms with Crippen molar-refractivity contribution in [2.75, 3.05) is 7.11 Å². The van der Waals surface area contributed by atoms with Gasteiger partial charge >= 0.3 is 0 Å². The van der Waals surface area contributed by atoms with E-state index in [-0.39, 0.29) is 0 Å². The fraction of sp³-hybridized carbons (Fsp3) is 0.240. The monoisotopic (exact) mass is 402 g/mol. The van der Waals surface area contributed by atoms with Gasteiger partial charge in [-0.3, -0.25) is 0 Å². The average Bonchev–Trinajstić information content (AvgIpc) is 3.09. The lowest BCUT2D eigenvalue weighted by Crippen LogP contribution is -2.05. The molecular weight excluding hydrogens is 376 g/mol. The molecule has 2 heterocycles. The second-order valence-corrected chi connectivity index (χ2v) is 7.26. The van der Waals surface area contributed by atoms with Crippen LogP contribution in [-0.4, -0.2) is 21.8 Å². The van der Waals surface area contributed by atoms with Crippen molar-refractivity contribution in [3.05, 3.63) is 89.2 Å². The van der Waals surface area contributed by atoms with Crippen LogP contribution in [0.3, 0.4) is 0 Å². The Morgan fingerprint density at radius 3 is 2.47 bits per heavy atom. The van der Waals surface area contributed by atoms with Crippen molar-refractivity contribution in [3.63, 3.8) is 0 Å². The second kappa shape index (κ2) is 8.59. The molecule has 4 aromatic rings. The van der Waals surface area contributed by atoms with Crippen molar-refractivity contribution < 1.29 is 14.6 Å². The van der Waals surface area contributed by atoms with Crippen molar-refractivity contribution in [1.29, 1.82) is 0 Å². The molecule has 0 fully saturated rings. The van der Waals surface area contributed by atoms with E-state index in [9.17, 15) is 5.11 Å². The predicted octanol–water partition coefficient (Wildman–Crippen LogP) is 4.81. The molecule has 0 amide bonds. The molecule has 2 aromatic carbocycles. The first-order valence-electron chi connectivity index (χ1n) is 10.1. The van der Waals surface area contributed by atoms with Crippen molar-refractivity contribution in [1.82, 2.24) is 9.55 Å². The number of hydrogen-bond acceptors (Lipinski definition) is 4. The van der Waals surface area contributed by atoms with E-state index in [0.717, 1.165) is 45.5 Å². The third-order valence-corrected chi connectivity index (χ3v) is 5.49. The number of aromatic nitrogens is 2. The van der Waals surface area contributed by atoms with Crippen LogP contribution in [0.1, 0.15) is 35.4 Å². The van der Waals surface area contributed by atoms with Crippen LogP contribution < -0.4 is 9.47 Å². The number of fused-ring (bicyclic) bond motifs is 1. The van der Waals surface area contributed by atoms with Crippen molar-refractivity contribution in [2.24, 2.45) is 7.05 Å². The van der Waals surface area contributed by atoms with Gasteiger partial charge in [-0.15, -0.1) is 0 Å². The highest BCUT2D eigenvalue weighted by molar-refractivity contribution is 5.86. The molecule has 4 rings (SSSR count). The molecule has 30 heavy (non-hydrogen) atoms. The summed E-state index contributed by atoms with van der Waals surface area (Å²) in [5, 5.41) is 12.2. The van der Waals surface area contributed by atoms with Gasteiger partial charge in [-0.05, 0) is 29.7 Å². The zero-order chi connectivity index (χ0) is 21.1. The predicted molar refractivity (Wildman–Crippen MR) is 118 cm³/mol. The molecular formula is C25H26N2O3. The largest absolute Gasteiger partial charge is 0.489 e. The zero-order valence-electron chi connectivity index (χ0n) is 17.5. The van der Waals surface area contributed by atoms with E-state index in [1.807, 2.05) is 67.7 Å². The van der Waals surface area contributed by atoms with E-state index in [1.54, 1.807) is 13.3 Å². The number of ether oxygens (including phenoxy) is 2. The van der Waals surface area contributed by atoms with Gasteiger partial charge in [-0.25, -0.2) is 4.98 Å². The minimum atomic E-state index is -0.751. The number of aryl methyl sites for hydroxylation is 1.